The number of nitrogens with one attached hydrogen (secondary N) is 1. The molecule has 2 aromatic rings. The fourth-order valence-electron chi connectivity index (χ4n) is 1.67. The van der Waals surface area contributed by atoms with Gasteiger partial charge in [-0.05, 0) is 53.8 Å². The molecule has 5 heteroatoms. The molecule has 1 aromatic carbocycles. The van der Waals surface area contributed by atoms with Gasteiger partial charge in [-0.25, -0.2) is 0 Å². The van der Waals surface area contributed by atoms with Crippen molar-refractivity contribution in [3.63, 3.8) is 0 Å². The molecule has 0 aliphatic carbocycles. The minimum atomic E-state index is -0.0480. The lowest BCUT2D eigenvalue weighted by Gasteiger charge is -2.14. The maximum Gasteiger partial charge on any atom is 0.251 e. The third kappa shape index (κ3) is 3.56. The molecule has 1 heterocycles. The summed E-state index contributed by atoms with van der Waals surface area (Å²) in [6.45, 7) is 2.64. The number of amides is 1. The van der Waals surface area contributed by atoms with E-state index in [1.54, 1.807) is 10.9 Å². The summed E-state index contributed by atoms with van der Waals surface area (Å²) in [5.41, 5.74) is 0.689. The van der Waals surface area contributed by atoms with E-state index in [0.717, 1.165) is 3.57 Å². The Hall–Kier alpha value is -1.37. The van der Waals surface area contributed by atoms with Crippen LogP contribution in [0.1, 0.15) is 17.3 Å². The van der Waals surface area contributed by atoms with Crippen molar-refractivity contribution in [3.8, 4) is 0 Å². The molecule has 94 valence electrons. The van der Waals surface area contributed by atoms with Gasteiger partial charge in [-0.1, -0.05) is 6.07 Å². The molecule has 0 saturated heterocycles. The first-order valence-electron chi connectivity index (χ1n) is 5.69. The predicted molar refractivity (Wildman–Crippen MR) is 78.3 cm³/mol. The predicted octanol–water partition coefficient (Wildman–Crippen LogP) is 2.31. The molecule has 0 spiro atoms. The molecule has 2 rings (SSSR count). The Kier molecular flexibility index (Phi) is 4.35. The van der Waals surface area contributed by atoms with Crippen LogP contribution in [0.3, 0.4) is 0 Å². The van der Waals surface area contributed by atoms with E-state index >= 15 is 0 Å². The minimum absolute atomic E-state index is 0.0373. The third-order valence-corrected chi connectivity index (χ3v) is 3.16. The lowest BCUT2D eigenvalue weighted by atomic mass is 10.2. The van der Waals surface area contributed by atoms with E-state index in [1.807, 2.05) is 43.5 Å². The van der Waals surface area contributed by atoms with Gasteiger partial charge in [0.25, 0.3) is 5.91 Å². The second-order valence-corrected chi connectivity index (χ2v) is 5.36. The highest BCUT2D eigenvalue weighted by molar-refractivity contribution is 14.1. The number of halogens is 1. The number of benzene rings is 1. The SMILES string of the molecule is CC(Cn1cccn1)NC(=O)c1cccc(I)c1. The average Bonchev–Trinajstić information content (AvgIpc) is 2.81. The van der Waals surface area contributed by atoms with Gasteiger partial charge in [-0.2, -0.15) is 5.10 Å². The average molecular weight is 355 g/mol. The van der Waals surface area contributed by atoms with E-state index < -0.39 is 0 Å². The van der Waals surface area contributed by atoms with E-state index in [9.17, 15) is 4.79 Å². The van der Waals surface area contributed by atoms with Crippen molar-refractivity contribution in [2.45, 2.75) is 19.5 Å². The van der Waals surface area contributed by atoms with E-state index in [4.69, 9.17) is 0 Å². The van der Waals surface area contributed by atoms with Crippen LogP contribution in [0.5, 0.6) is 0 Å². The first-order chi connectivity index (χ1) is 8.65. The van der Waals surface area contributed by atoms with Crippen LogP contribution in [0.25, 0.3) is 0 Å². The van der Waals surface area contributed by atoms with Gasteiger partial charge in [0.1, 0.15) is 0 Å². The maximum absolute atomic E-state index is 12.0. The number of hydrogen-bond acceptors (Lipinski definition) is 2. The van der Waals surface area contributed by atoms with E-state index in [1.165, 1.54) is 0 Å². The molecule has 1 N–H and O–H groups in total. The van der Waals surface area contributed by atoms with Crippen molar-refractivity contribution in [1.29, 1.82) is 0 Å². The highest BCUT2D eigenvalue weighted by Gasteiger charge is 2.10. The van der Waals surface area contributed by atoms with Gasteiger partial charge < -0.3 is 5.32 Å². The molecule has 1 atom stereocenters. The van der Waals surface area contributed by atoms with Gasteiger partial charge in [-0.15, -0.1) is 0 Å². The van der Waals surface area contributed by atoms with Gasteiger partial charge >= 0.3 is 0 Å². The van der Waals surface area contributed by atoms with Crippen molar-refractivity contribution < 1.29 is 4.79 Å². The Bertz CT molecular complexity index is 525. The molecular weight excluding hydrogens is 341 g/mol. The van der Waals surface area contributed by atoms with Crippen LogP contribution >= 0.6 is 22.6 Å². The number of carbonyl (C=O) groups excluding carboxylic acids is 1. The van der Waals surface area contributed by atoms with E-state index in [-0.39, 0.29) is 11.9 Å². The van der Waals surface area contributed by atoms with Gasteiger partial charge in [0.05, 0.1) is 6.54 Å². The van der Waals surface area contributed by atoms with Crippen molar-refractivity contribution in [2.24, 2.45) is 0 Å². The second-order valence-electron chi connectivity index (χ2n) is 4.11. The summed E-state index contributed by atoms with van der Waals surface area (Å²) in [4.78, 5) is 12.0. The van der Waals surface area contributed by atoms with Crippen molar-refractivity contribution in [2.75, 3.05) is 0 Å². The molecule has 1 aromatic heterocycles. The van der Waals surface area contributed by atoms with Crippen molar-refractivity contribution >= 4 is 28.5 Å². The summed E-state index contributed by atoms with van der Waals surface area (Å²) in [7, 11) is 0. The number of hydrogen-bond donors (Lipinski definition) is 1. The second kappa shape index (κ2) is 5.99. The fourth-order valence-corrected chi connectivity index (χ4v) is 2.21. The zero-order valence-corrected chi connectivity index (χ0v) is 12.2. The van der Waals surface area contributed by atoms with Gasteiger partial charge in [-0.3, -0.25) is 9.48 Å². The van der Waals surface area contributed by atoms with Gasteiger partial charge in [0, 0.05) is 27.6 Å². The molecule has 0 aliphatic rings. The Morgan fingerprint density at radius 1 is 1.50 bits per heavy atom. The monoisotopic (exact) mass is 355 g/mol. The molecule has 18 heavy (non-hydrogen) atoms. The summed E-state index contributed by atoms with van der Waals surface area (Å²) < 4.78 is 2.86. The largest absolute Gasteiger partial charge is 0.348 e. The number of rotatable bonds is 4. The van der Waals surface area contributed by atoms with E-state index in [2.05, 4.69) is 33.0 Å². The Morgan fingerprint density at radius 3 is 3.00 bits per heavy atom. The molecule has 1 amide bonds. The van der Waals surface area contributed by atoms with Crippen LogP contribution in [-0.2, 0) is 6.54 Å². The zero-order valence-electron chi connectivity index (χ0n) is 10.0. The maximum atomic E-state index is 12.0. The first kappa shape index (κ1) is 13.1. The molecule has 0 bridgehead atoms. The number of aromatic nitrogens is 2. The molecule has 4 nitrogen and oxygen atoms in total. The van der Waals surface area contributed by atoms with Crippen LogP contribution < -0.4 is 5.32 Å². The lowest BCUT2D eigenvalue weighted by Crippen LogP contribution is -2.35. The normalized spacial score (nSPS) is 12.1. The van der Waals surface area contributed by atoms with Crippen LogP contribution in [0.15, 0.2) is 42.7 Å². The molecule has 0 saturated carbocycles. The third-order valence-electron chi connectivity index (χ3n) is 2.48. The standard InChI is InChI=1S/C13H14IN3O/c1-10(9-17-7-3-6-15-17)16-13(18)11-4-2-5-12(14)8-11/h2-8,10H,9H2,1H3,(H,16,18). The van der Waals surface area contributed by atoms with Gasteiger partial charge in [0.15, 0.2) is 0 Å². The van der Waals surface area contributed by atoms with Crippen LogP contribution in [-0.4, -0.2) is 21.7 Å². The van der Waals surface area contributed by atoms with Crippen LogP contribution in [0, 0.1) is 3.57 Å². The van der Waals surface area contributed by atoms with Gasteiger partial charge in [0.2, 0.25) is 0 Å². The summed E-state index contributed by atoms with van der Waals surface area (Å²) >= 11 is 2.20. The van der Waals surface area contributed by atoms with Crippen molar-refractivity contribution in [1.82, 2.24) is 15.1 Å². The molecule has 1 unspecified atom stereocenters. The molecule has 0 radical (unpaired) electrons. The molecule has 0 fully saturated rings. The zero-order chi connectivity index (χ0) is 13.0. The summed E-state index contributed by atoms with van der Waals surface area (Å²) in [5.74, 6) is -0.0480. The van der Waals surface area contributed by atoms with Crippen LogP contribution in [0.2, 0.25) is 0 Å². The highest BCUT2D eigenvalue weighted by atomic mass is 127. The molecule has 0 aliphatic heterocycles. The Labute approximate surface area is 120 Å². The fraction of sp³-hybridized carbons (Fsp3) is 0.231. The smallest absolute Gasteiger partial charge is 0.251 e. The minimum Gasteiger partial charge on any atom is -0.348 e. The topological polar surface area (TPSA) is 46.9 Å². The Balaban J connectivity index is 1.95. The summed E-state index contributed by atoms with van der Waals surface area (Å²) in [6, 6.07) is 9.44. The lowest BCUT2D eigenvalue weighted by molar-refractivity contribution is 0.0936. The summed E-state index contributed by atoms with van der Waals surface area (Å²) in [6.07, 6.45) is 3.61. The van der Waals surface area contributed by atoms with Crippen LogP contribution in [0.4, 0.5) is 0 Å². The first-order valence-corrected chi connectivity index (χ1v) is 6.77. The summed E-state index contributed by atoms with van der Waals surface area (Å²) in [5, 5.41) is 7.07. The number of carbonyl (C=O) groups is 1. The number of nitrogens with zero attached hydrogens (tertiary/aromatic N) is 2. The highest BCUT2D eigenvalue weighted by Crippen LogP contribution is 2.08. The quantitative estimate of drug-likeness (QED) is 0.856. The van der Waals surface area contributed by atoms with Crippen molar-refractivity contribution in [3.05, 3.63) is 51.9 Å². The van der Waals surface area contributed by atoms with E-state index in [0.29, 0.717) is 12.1 Å². The Morgan fingerprint density at radius 2 is 2.33 bits per heavy atom. The molecular formula is C13H14IN3O.